The Hall–Kier alpha value is -3.23. The minimum atomic E-state index is -0.973. The number of imide groups is 2. The smallest absolute Gasteiger partial charge is 0.308 e. The maximum Gasteiger partial charge on any atom is 0.308 e. The van der Waals surface area contributed by atoms with E-state index in [2.05, 4.69) is 10.2 Å². The molecule has 9 nitrogen and oxygen atoms in total. The van der Waals surface area contributed by atoms with Crippen molar-refractivity contribution in [3.8, 4) is 0 Å². The Morgan fingerprint density at radius 1 is 1.03 bits per heavy atom. The van der Waals surface area contributed by atoms with Gasteiger partial charge >= 0.3 is 5.97 Å². The van der Waals surface area contributed by atoms with E-state index in [0.717, 1.165) is 10.6 Å². The first-order chi connectivity index (χ1) is 13.9. The van der Waals surface area contributed by atoms with Crippen molar-refractivity contribution in [1.82, 2.24) is 10.2 Å². The number of fused-ring (bicyclic) bond motifs is 1. The van der Waals surface area contributed by atoms with Crippen molar-refractivity contribution in [2.45, 2.75) is 31.7 Å². The van der Waals surface area contributed by atoms with Gasteiger partial charge in [-0.1, -0.05) is 0 Å². The number of nitrogens with zero attached hydrogens (tertiary/aromatic N) is 2. The monoisotopic (exact) mass is 399 g/mol. The van der Waals surface area contributed by atoms with Gasteiger partial charge in [-0.3, -0.25) is 34.2 Å². The molecule has 1 aromatic rings. The second-order valence-electron chi connectivity index (χ2n) is 7.46. The van der Waals surface area contributed by atoms with E-state index in [9.17, 15) is 24.0 Å². The minimum Gasteiger partial charge on any atom is -0.469 e. The van der Waals surface area contributed by atoms with Crippen molar-refractivity contribution < 1.29 is 28.7 Å². The first kappa shape index (κ1) is 19.1. The fourth-order valence-corrected chi connectivity index (χ4v) is 4.20. The van der Waals surface area contributed by atoms with Gasteiger partial charge in [0, 0.05) is 25.2 Å². The molecule has 29 heavy (non-hydrogen) atoms. The second kappa shape index (κ2) is 7.31. The second-order valence-corrected chi connectivity index (χ2v) is 7.46. The molecule has 1 aromatic carbocycles. The highest BCUT2D eigenvalue weighted by Gasteiger charge is 2.44. The largest absolute Gasteiger partial charge is 0.469 e. The van der Waals surface area contributed by atoms with E-state index in [4.69, 9.17) is 4.74 Å². The highest BCUT2D eigenvalue weighted by Crippen LogP contribution is 2.32. The molecule has 4 amide bonds. The maximum atomic E-state index is 12.9. The topological polar surface area (TPSA) is 113 Å². The molecule has 1 atom stereocenters. The molecule has 4 rings (SSSR count). The number of hydrogen-bond acceptors (Lipinski definition) is 7. The number of amides is 4. The predicted molar refractivity (Wildman–Crippen MR) is 100 cm³/mol. The molecule has 1 unspecified atom stereocenters. The molecule has 0 bridgehead atoms. The van der Waals surface area contributed by atoms with Gasteiger partial charge in [-0.25, -0.2) is 0 Å². The first-order valence-corrected chi connectivity index (χ1v) is 9.59. The van der Waals surface area contributed by atoms with Crippen LogP contribution < -0.4 is 10.2 Å². The van der Waals surface area contributed by atoms with Crippen molar-refractivity contribution >= 4 is 35.3 Å². The van der Waals surface area contributed by atoms with Crippen molar-refractivity contribution in [3.63, 3.8) is 0 Å². The number of esters is 1. The fourth-order valence-electron chi connectivity index (χ4n) is 4.20. The zero-order valence-corrected chi connectivity index (χ0v) is 16.0. The number of methoxy groups -OCH3 is 1. The highest BCUT2D eigenvalue weighted by molar-refractivity contribution is 6.23. The van der Waals surface area contributed by atoms with Gasteiger partial charge in [-0.2, -0.15) is 0 Å². The van der Waals surface area contributed by atoms with Gasteiger partial charge in [-0.05, 0) is 37.5 Å². The Kier molecular flexibility index (Phi) is 4.81. The summed E-state index contributed by atoms with van der Waals surface area (Å²) in [6.45, 7) is 1.27. The van der Waals surface area contributed by atoms with Crippen LogP contribution in [0.15, 0.2) is 18.2 Å². The highest BCUT2D eigenvalue weighted by atomic mass is 16.5. The average Bonchev–Trinajstić information content (AvgIpc) is 2.98. The van der Waals surface area contributed by atoms with Crippen molar-refractivity contribution in [1.29, 1.82) is 0 Å². The summed E-state index contributed by atoms with van der Waals surface area (Å²) in [7, 11) is 1.38. The Balaban J connectivity index is 1.53. The predicted octanol–water partition coefficient (Wildman–Crippen LogP) is 0.477. The van der Waals surface area contributed by atoms with Crippen LogP contribution in [0, 0.1) is 5.92 Å². The summed E-state index contributed by atoms with van der Waals surface area (Å²) in [6, 6.07) is 4.07. The van der Waals surface area contributed by atoms with Gasteiger partial charge in [0.15, 0.2) is 0 Å². The number of nitrogens with one attached hydrogen (secondary N) is 1. The third kappa shape index (κ3) is 3.26. The first-order valence-electron chi connectivity index (χ1n) is 9.59. The number of carbonyl (C=O) groups is 5. The van der Waals surface area contributed by atoms with E-state index in [1.807, 2.05) is 0 Å². The summed E-state index contributed by atoms with van der Waals surface area (Å²) >= 11 is 0. The number of anilines is 1. The summed E-state index contributed by atoms with van der Waals surface area (Å²) in [4.78, 5) is 63.9. The standard InChI is InChI=1S/C20H21N3O6/c1-29-20(28)11-6-8-22(9-7-11)12-2-3-13-14(10-12)19(27)23(18(13)26)15-4-5-16(24)21-17(15)25/h2-3,10-11,15H,4-9H2,1H3,(H,21,24,25). The molecule has 0 radical (unpaired) electrons. The summed E-state index contributed by atoms with van der Waals surface area (Å²) in [5.74, 6) is -2.40. The Bertz CT molecular complexity index is 919. The number of ether oxygens (including phenoxy) is 1. The lowest BCUT2D eigenvalue weighted by Gasteiger charge is -2.32. The molecule has 0 saturated carbocycles. The molecule has 3 aliphatic heterocycles. The fraction of sp³-hybridized carbons (Fsp3) is 0.450. The van der Waals surface area contributed by atoms with Crippen LogP contribution >= 0.6 is 0 Å². The van der Waals surface area contributed by atoms with Crippen molar-refractivity contribution in [3.05, 3.63) is 29.3 Å². The molecule has 2 fully saturated rings. The molecule has 152 valence electrons. The Labute approximate surface area is 167 Å². The third-order valence-corrected chi connectivity index (χ3v) is 5.82. The van der Waals surface area contributed by atoms with E-state index in [0.29, 0.717) is 25.9 Å². The Morgan fingerprint density at radius 3 is 2.38 bits per heavy atom. The van der Waals surface area contributed by atoms with Crippen molar-refractivity contribution in [2.24, 2.45) is 5.92 Å². The minimum absolute atomic E-state index is 0.0875. The summed E-state index contributed by atoms with van der Waals surface area (Å²) in [6.07, 6.45) is 1.52. The van der Waals surface area contributed by atoms with Gasteiger partial charge in [0.05, 0.1) is 24.2 Å². The average molecular weight is 399 g/mol. The van der Waals surface area contributed by atoms with E-state index in [-0.39, 0.29) is 35.9 Å². The summed E-state index contributed by atoms with van der Waals surface area (Å²) in [5, 5.41) is 2.19. The molecule has 2 saturated heterocycles. The lowest BCUT2D eigenvalue weighted by Crippen LogP contribution is -2.54. The molecular weight excluding hydrogens is 378 g/mol. The lowest BCUT2D eigenvalue weighted by molar-refractivity contribution is -0.146. The SMILES string of the molecule is COC(=O)C1CCN(c2ccc3c(c2)C(=O)N(C2CCC(=O)NC2=O)C3=O)CC1. The van der Waals surface area contributed by atoms with Crippen LogP contribution in [-0.4, -0.2) is 60.7 Å². The van der Waals surface area contributed by atoms with Crippen LogP contribution in [0.4, 0.5) is 5.69 Å². The number of piperidine rings is 2. The van der Waals surface area contributed by atoms with Gasteiger partial charge in [0.1, 0.15) is 6.04 Å². The molecule has 3 heterocycles. The molecule has 3 aliphatic rings. The number of benzene rings is 1. The Morgan fingerprint density at radius 2 is 1.72 bits per heavy atom. The van der Waals surface area contributed by atoms with Crippen LogP contribution in [0.1, 0.15) is 46.4 Å². The quantitative estimate of drug-likeness (QED) is 0.581. The van der Waals surface area contributed by atoms with Crippen LogP contribution in [0.3, 0.4) is 0 Å². The number of carbonyl (C=O) groups excluding carboxylic acids is 5. The molecule has 0 spiro atoms. The summed E-state index contributed by atoms with van der Waals surface area (Å²) in [5.41, 5.74) is 1.30. The van der Waals surface area contributed by atoms with Crippen LogP contribution in [0.25, 0.3) is 0 Å². The zero-order valence-electron chi connectivity index (χ0n) is 16.0. The van der Waals surface area contributed by atoms with E-state index in [1.165, 1.54) is 7.11 Å². The van der Waals surface area contributed by atoms with E-state index < -0.39 is 29.7 Å². The van der Waals surface area contributed by atoms with Gasteiger partial charge in [0.25, 0.3) is 11.8 Å². The normalized spacial score (nSPS) is 22.6. The third-order valence-electron chi connectivity index (χ3n) is 5.82. The molecule has 1 N–H and O–H groups in total. The summed E-state index contributed by atoms with van der Waals surface area (Å²) < 4.78 is 4.80. The molecule has 0 aliphatic carbocycles. The maximum absolute atomic E-state index is 12.9. The van der Waals surface area contributed by atoms with Crippen LogP contribution in [-0.2, 0) is 19.1 Å². The van der Waals surface area contributed by atoms with Gasteiger partial charge in [0.2, 0.25) is 11.8 Å². The van der Waals surface area contributed by atoms with Crippen molar-refractivity contribution in [2.75, 3.05) is 25.1 Å². The lowest BCUT2D eigenvalue weighted by atomic mass is 9.96. The number of rotatable bonds is 3. The number of hydrogen-bond donors (Lipinski definition) is 1. The van der Waals surface area contributed by atoms with Crippen LogP contribution in [0.2, 0.25) is 0 Å². The zero-order chi connectivity index (χ0) is 20.7. The molecule has 9 heteroatoms. The van der Waals surface area contributed by atoms with Gasteiger partial charge in [-0.15, -0.1) is 0 Å². The van der Waals surface area contributed by atoms with E-state index in [1.54, 1.807) is 18.2 Å². The molecule has 0 aromatic heterocycles. The molecular formula is C20H21N3O6. The van der Waals surface area contributed by atoms with Gasteiger partial charge < -0.3 is 9.64 Å². The van der Waals surface area contributed by atoms with Crippen LogP contribution in [0.5, 0.6) is 0 Å². The van der Waals surface area contributed by atoms with E-state index >= 15 is 0 Å².